The third-order valence-electron chi connectivity index (χ3n) is 4.81. The van der Waals surface area contributed by atoms with E-state index in [1.54, 1.807) is 18.2 Å². The van der Waals surface area contributed by atoms with E-state index >= 15 is 0 Å². The zero-order valence-electron chi connectivity index (χ0n) is 18.4. The molecule has 0 saturated carbocycles. The predicted octanol–water partition coefficient (Wildman–Crippen LogP) is 4.54. The van der Waals surface area contributed by atoms with Gasteiger partial charge < -0.3 is 14.6 Å². The van der Waals surface area contributed by atoms with Gasteiger partial charge in [-0.05, 0) is 35.8 Å². The molecule has 0 amide bonds. The first-order valence-electron chi connectivity index (χ1n) is 9.86. The van der Waals surface area contributed by atoms with Gasteiger partial charge in [-0.25, -0.2) is 8.42 Å². The van der Waals surface area contributed by atoms with Crippen molar-refractivity contribution in [3.8, 4) is 0 Å². The number of anilines is 3. The summed E-state index contributed by atoms with van der Waals surface area (Å²) in [6, 6.07) is 10.1. The van der Waals surface area contributed by atoms with Gasteiger partial charge >= 0.3 is 0 Å². The Hall–Kier alpha value is -2.14. The van der Waals surface area contributed by atoms with E-state index in [9.17, 15) is 8.42 Å². The standard InChI is InChI=1S/C20H28ClN5O3SSi/c1-25(30(2,27)28)17-9-7-6-8-16(17)22-18-15-10-11-26(19(15)24-20(21)23-18)14-29-12-13-31(3,4)5/h6-11H,12-14H2,1-5H3,(H,22,23,24). The van der Waals surface area contributed by atoms with Crippen molar-refractivity contribution in [2.75, 3.05) is 29.5 Å². The van der Waals surface area contributed by atoms with Gasteiger partial charge in [-0.2, -0.15) is 9.97 Å². The second-order valence-electron chi connectivity index (χ2n) is 8.58. The summed E-state index contributed by atoms with van der Waals surface area (Å²) >= 11 is 6.20. The third-order valence-corrected chi connectivity index (χ3v) is 7.88. The molecule has 0 aliphatic heterocycles. The van der Waals surface area contributed by atoms with Crippen LogP contribution in [-0.2, 0) is 21.5 Å². The van der Waals surface area contributed by atoms with Crippen LogP contribution in [0.15, 0.2) is 36.5 Å². The molecule has 0 saturated heterocycles. The molecular weight excluding hydrogens is 454 g/mol. The summed E-state index contributed by atoms with van der Waals surface area (Å²) in [5.41, 5.74) is 1.73. The van der Waals surface area contributed by atoms with Crippen molar-refractivity contribution >= 4 is 57.9 Å². The molecule has 8 nitrogen and oxygen atoms in total. The van der Waals surface area contributed by atoms with Crippen LogP contribution < -0.4 is 9.62 Å². The van der Waals surface area contributed by atoms with Crippen LogP contribution in [0, 0.1) is 0 Å². The van der Waals surface area contributed by atoms with E-state index in [2.05, 4.69) is 34.9 Å². The van der Waals surface area contributed by atoms with Gasteiger partial charge in [-0.15, -0.1) is 0 Å². The third kappa shape index (κ3) is 5.97. The van der Waals surface area contributed by atoms with E-state index in [-0.39, 0.29) is 5.28 Å². The Bertz CT molecular complexity index is 1180. The Morgan fingerprint density at radius 3 is 2.58 bits per heavy atom. The number of halogens is 1. The summed E-state index contributed by atoms with van der Waals surface area (Å²) < 4.78 is 33.0. The van der Waals surface area contributed by atoms with Crippen molar-refractivity contribution < 1.29 is 13.2 Å². The van der Waals surface area contributed by atoms with Crippen molar-refractivity contribution in [2.24, 2.45) is 0 Å². The van der Waals surface area contributed by atoms with Crippen LogP contribution in [0.1, 0.15) is 0 Å². The number of fused-ring (bicyclic) bond motifs is 1. The molecule has 11 heteroatoms. The lowest BCUT2D eigenvalue weighted by molar-refractivity contribution is 0.0899. The van der Waals surface area contributed by atoms with Crippen LogP contribution in [0.5, 0.6) is 0 Å². The highest BCUT2D eigenvalue weighted by atomic mass is 35.5. The number of nitrogens with zero attached hydrogens (tertiary/aromatic N) is 4. The molecule has 0 aliphatic carbocycles. The second-order valence-corrected chi connectivity index (χ2v) is 16.6. The van der Waals surface area contributed by atoms with Gasteiger partial charge in [-0.1, -0.05) is 31.8 Å². The summed E-state index contributed by atoms with van der Waals surface area (Å²) in [6.45, 7) is 8.00. The van der Waals surface area contributed by atoms with Gasteiger partial charge in [0.25, 0.3) is 0 Å². The molecule has 1 N–H and O–H groups in total. The van der Waals surface area contributed by atoms with Crippen molar-refractivity contribution in [1.82, 2.24) is 14.5 Å². The minimum absolute atomic E-state index is 0.0889. The monoisotopic (exact) mass is 481 g/mol. The van der Waals surface area contributed by atoms with Crippen molar-refractivity contribution in [1.29, 1.82) is 0 Å². The Morgan fingerprint density at radius 2 is 1.90 bits per heavy atom. The first kappa shape index (κ1) is 23.5. The quantitative estimate of drug-likeness (QED) is 0.274. The van der Waals surface area contributed by atoms with Gasteiger partial charge in [0.05, 0.1) is 23.0 Å². The molecule has 0 unspecified atom stereocenters. The van der Waals surface area contributed by atoms with Crippen molar-refractivity contribution in [3.05, 3.63) is 41.8 Å². The molecule has 31 heavy (non-hydrogen) atoms. The number of rotatable bonds is 9. The Balaban J connectivity index is 1.89. The number of aromatic nitrogens is 3. The number of hydrogen-bond donors (Lipinski definition) is 1. The van der Waals surface area contributed by atoms with E-state index in [4.69, 9.17) is 16.3 Å². The van der Waals surface area contributed by atoms with Crippen LogP contribution in [0.3, 0.4) is 0 Å². The normalized spacial score (nSPS) is 12.3. The van der Waals surface area contributed by atoms with Crippen molar-refractivity contribution in [3.63, 3.8) is 0 Å². The highest BCUT2D eigenvalue weighted by Gasteiger charge is 2.18. The number of hydrogen-bond acceptors (Lipinski definition) is 6. The number of ether oxygens (including phenoxy) is 1. The molecule has 0 radical (unpaired) electrons. The first-order valence-corrected chi connectivity index (χ1v) is 15.8. The van der Waals surface area contributed by atoms with Crippen LogP contribution in [0.25, 0.3) is 11.0 Å². The van der Waals surface area contributed by atoms with E-state index in [1.165, 1.54) is 11.4 Å². The molecule has 1 aromatic carbocycles. The van der Waals surface area contributed by atoms with Gasteiger partial charge in [0.15, 0.2) is 0 Å². The lowest BCUT2D eigenvalue weighted by atomic mass is 10.2. The van der Waals surface area contributed by atoms with Crippen LogP contribution in [0.4, 0.5) is 17.2 Å². The number of nitrogens with one attached hydrogen (secondary N) is 1. The lowest BCUT2D eigenvalue weighted by Crippen LogP contribution is -2.25. The topological polar surface area (TPSA) is 89.3 Å². The average molecular weight is 482 g/mol. The zero-order chi connectivity index (χ0) is 22.8. The second kappa shape index (κ2) is 9.15. The minimum atomic E-state index is -3.42. The van der Waals surface area contributed by atoms with E-state index < -0.39 is 18.1 Å². The number of sulfonamides is 1. The lowest BCUT2D eigenvalue weighted by Gasteiger charge is -2.20. The minimum Gasteiger partial charge on any atom is -0.361 e. The average Bonchev–Trinajstić information content (AvgIpc) is 3.06. The van der Waals surface area contributed by atoms with E-state index in [0.717, 1.165) is 17.7 Å². The highest BCUT2D eigenvalue weighted by molar-refractivity contribution is 7.92. The molecule has 2 aromatic heterocycles. The van der Waals surface area contributed by atoms with Crippen molar-refractivity contribution in [2.45, 2.75) is 32.4 Å². The van der Waals surface area contributed by atoms with E-state index in [1.807, 2.05) is 22.9 Å². The summed E-state index contributed by atoms with van der Waals surface area (Å²) in [5, 5.41) is 4.07. The molecule has 3 rings (SSSR count). The molecule has 0 atom stereocenters. The van der Waals surface area contributed by atoms with Crippen LogP contribution >= 0.6 is 11.6 Å². The van der Waals surface area contributed by atoms with Crippen LogP contribution in [0.2, 0.25) is 31.0 Å². The summed E-state index contributed by atoms with van der Waals surface area (Å²) in [7, 11) is -3.08. The fraction of sp³-hybridized carbons (Fsp3) is 0.400. The fourth-order valence-corrected chi connectivity index (χ4v) is 4.38. The van der Waals surface area contributed by atoms with Crippen LogP contribution in [-0.4, -0.2) is 50.9 Å². The molecule has 0 fully saturated rings. The maximum Gasteiger partial charge on any atom is 0.232 e. The Labute approximate surface area is 189 Å². The molecule has 2 heterocycles. The molecule has 0 spiro atoms. The highest BCUT2D eigenvalue weighted by Crippen LogP contribution is 2.32. The molecule has 3 aromatic rings. The summed E-state index contributed by atoms with van der Waals surface area (Å²) in [6.07, 6.45) is 3.04. The zero-order valence-corrected chi connectivity index (χ0v) is 21.0. The SMILES string of the molecule is CN(c1ccccc1Nc1nc(Cl)nc2c1ccn2COCC[Si](C)(C)C)S(C)(=O)=O. The number of para-hydroxylation sites is 2. The summed E-state index contributed by atoms with van der Waals surface area (Å²) in [5.74, 6) is 0.491. The maximum atomic E-state index is 12.0. The molecular formula is C20H28ClN5O3SSi. The largest absolute Gasteiger partial charge is 0.361 e. The van der Waals surface area contributed by atoms with Gasteiger partial charge in [0, 0.05) is 27.9 Å². The smallest absolute Gasteiger partial charge is 0.232 e. The molecule has 0 aliphatic rings. The fourth-order valence-electron chi connectivity index (χ4n) is 2.94. The predicted molar refractivity (Wildman–Crippen MR) is 130 cm³/mol. The molecule has 0 bridgehead atoms. The van der Waals surface area contributed by atoms with Gasteiger partial charge in [-0.3, -0.25) is 4.31 Å². The first-order chi connectivity index (χ1) is 14.5. The van der Waals surface area contributed by atoms with Gasteiger partial charge in [0.1, 0.15) is 18.2 Å². The van der Waals surface area contributed by atoms with E-state index in [0.29, 0.717) is 36.2 Å². The number of benzene rings is 1. The molecule has 168 valence electrons. The maximum absolute atomic E-state index is 12.0. The van der Waals surface area contributed by atoms with Gasteiger partial charge in [0.2, 0.25) is 15.3 Å². The summed E-state index contributed by atoms with van der Waals surface area (Å²) in [4.78, 5) is 8.69. The Kier molecular flexibility index (Phi) is 6.94. The Morgan fingerprint density at radius 1 is 1.19 bits per heavy atom.